The molecule has 0 aliphatic carbocycles. The predicted molar refractivity (Wildman–Crippen MR) is 121 cm³/mol. The molecule has 156 valence electrons. The van der Waals surface area contributed by atoms with Crippen LogP contribution in [0.2, 0.25) is 0 Å². The summed E-state index contributed by atoms with van der Waals surface area (Å²) in [6.45, 7) is 2.46. The topological polar surface area (TPSA) is 72.6 Å². The summed E-state index contributed by atoms with van der Waals surface area (Å²) in [5, 5.41) is 10.5. The zero-order valence-corrected chi connectivity index (χ0v) is 17.8. The van der Waals surface area contributed by atoms with E-state index in [-0.39, 0.29) is 10.6 Å². The maximum absolute atomic E-state index is 12.6. The first kappa shape index (κ1) is 20.8. The smallest absolute Gasteiger partial charge is 0.354 e. The highest BCUT2D eigenvalue weighted by molar-refractivity contribution is 7.99. The predicted octanol–water partition coefficient (Wildman–Crippen LogP) is 5.70. The molecule has 5 nitrogen and oxygen atoms in total. The van der Waals surface area contributed by atoms with E-state index in [4.69, 9.17) is 9.15 Å². The van der Waals surface area contributed by atoms with Gasteiger partial charge in [0.1, 0.15) is 28.8 Å². The van der Waals surface area contributed by atoms with Crippen LogP contribution >= 0.6 is 11.8 Å². The van der Waals surface area contributed by atoms with Gasteiger partial charge in [-0.3, -0.25) is 4.98 Å². The van der Waals surface area contributed by atoms with Crippen molar-refractivity contribution in [2.45, 2.75) is 29.7 Å². The van der Waals surface area contributed by atoms with E-state index >= 15 is 0 Å². The molecule has 4 aromatic rings. The Morgan fingerprint density at radius 3 is 2.58 bits per heavy atom. The van der Waals surface area contributed by atoms with Gasteiger partial charge in [-0.2, -0.15) is 0 Å². The Morgan fingerprint density at radius 2 is 1.87 bits per heavy atom. The van der Waals surface area contributed by atoms with Crippen LogP contribution in [0.1, 0.15) is 18.1 Å². The standard InChI is InChI=1S/C25H21NO4S/c1-2-18-7-3-4-8-23(18)31-24-21(27)14-22(30-25(24)28)19-9-11-20(12-10-19)29-16-17-6-5-13-26-15-17/h3-15,27H,2,16H2,1H3. The van der Waals surface area contributed by atoms with Gasteiger partial charge >= 0.3 is 5.63 Å². The Bertz CT molecular complexity index is 1220. The summed E-state index contributed by atoms with van der Waals surface area (Å²) in [6, 6.07) is 20.2. The van der Waals surface area contributed by atoms with Crippen LogP contribution in [0.5, 0.6) is 11.5 Å². The van der Waals surface area contributed by atoms with Gasteiger partial charge in [-0.25, -0.2) is 4.79 Å². The summed E-state index contributed by atoms with van der Waals surface area (Å²) in [5.41, 5.74) is 2.19. The number of nitrogens with zero attached hydrogens (tertiary/aromatic N) is 1. The molecule has 0 atom stereocenters. The first-order chi connectivity index (χ1) is 15.1. The zero-order valence-electron chi connectivity index (χ0n) is 16.9. The van der Waals surface area contributed by atoms with Crippen molar-refractivity contribution < 1.29 is 14.3 Å². The third-order valence-corrected chi connectivity index (χ3v) is 5.92. The van der Waals surface area contributed by atoms with Crippen molar-refractivity contribution in [2.24, 2.45) is 0 Å². The zero-order chi connectivity index (χ0) is 21.6. The number of aromatic hydroxyl groups is 1. The second-order valence-corrected chi connectivity index (χ2v) is 7.90. The number of aromatic nitrogens is 1. The number of pyridine rings is 1. The van der Waals surface area contributed by atoms with Crippen LogP contribution in [0, 0.1) is 0 Å². The monoisotopic (exact) mass is 431 g/mol. The summed E-state index contributed by atoms with van der Waals surface area (Å²) in [6.07, 6.45) is 4.31. The molecule has 2 aromatic heterocycles. The van der Waals surface area contributed by atoms with E-state index in [9.17, 15) is 9.90 Å². The van der Waals surface area contributed by atoms with Gasteiger partial charge in [0.05, 0.1) is 0 Å². The number of aryl methyl sites for hydroxylation is 1. The third kappa shape index (κ3) is 4.98. The third-order valence-electron chi connectivity index (χ3n) is 4.72. The quantitative estimate of drug-likeness (QED) is 0.405. The van der Waals surface area contributed by atoms with E-state index in [0.717, 1.165) is 22.4 Å². The molecular formula is C25H21NO4S. The fourth-order valence-electron chi connectivity index (χ4n) is 3.08. The van der Waals surface area contributed by atoms with Gasteiger partial charge in [0.15, 0.2) is 0 Å². The van der Waals surface area contributed by atoms with Crippen LogP contribution in [0.4, 0.5) is 0 Å². The van der Waals surface area contributed by atoms with Crippen LogP contribution in [0.15, 0.2) is 98.1 Å². The lowest BCUT2D eigenvalue weighted by atomic mass is 10.1. The van der Waals surface area contributed by atoms with Crippen molar-refractivity contribution in [1.29, 1.82) is 0 Å². The molecule has 0 saturated heterocycles. The van der Waals surface area contributed by atoms with Gasteiger partial charge in [-0.15, -0.1) is 0 Å². The molecule has 0 amide bonds. The van der Waals surface area contributed by atoms with Crippen molar-refractivity contribution in [1.82, 2.24) is 4.98 Å². The summed E-state index contributed by atoms with van der Waals surface area (Å²) in [5.74, 6) is 0.885. The van der Waals surface area contributed by atoms with Gasteiger partial charge in [-0.1, -0.05) is 43.0 Å². The molecule has 6 heteroatoms. The molecule has 0 bridgehead atoms. The fourth-order valence-corrected chi connectivity index (χ4v) is 4.08. The van der Waals surface area contributed by atoms with Gasteiger partial charge in [0.25, 0.3) is 0 Å². The van der Waals surface area contributed by atoms with Crippen molar-refractivity contribution in [3.8, 4) is 22.8 Å². The molecular weight excluding hydrogens is 410 g/mol. The van der Waals surface area contributed by atoms with E-state index < -0.39 is 5.63 Å². The lowest BCUT2D eigenvalue weighted by Crippen LogP contribution is -2.03. The minimum absolute atomic E-state index is 0.0981. The van der Waals surface area contributed by atoms with E-state index in [1.807, 2.05) is 36.4 Å². The molecule has 0 spiro atoms. The average Bonchev–Trinajstić information content (AvgIpc) is 2.81. The number of benzene rings is 2. The van der Waals surface area contributed by atoms with Crippen molar-refractivity contribution in [3.63, 3.8) is 0 Å². The Kier molecular flexibility index (Phi) is 6.38. The molecule has 0 aliphatic rings. The summed E-state index contributed by atoms with van der Waals surface area (Å²) < 4.78 is 11.3. The molecule has 0 radical (unpaired) electrons. The maximum Gasteiger partial charge on any atom is 0.354 e. The minimum atomic E-state index is -0.567. The van der Waals surface area contributed by atoms with Gasteiger partial charge in [-0.05, 0) is 48.4 Å². The highest BCUT2D eigenvalue weighted by atomic mass is 32.2. The van der Waals surface area contributed by atoms with E-state index in [1.54, 1.807) is 36.7 Å². The van der Waals surface area contributed by atoms with E-state index in [1.165, 1.54) is 17.8 Å². The molecule has 2 heterocycles. The van der Waals surface area contributed by atoms with Gasteiger partial charge in [0, 0.05) is 34.5 Å². The molecule has 0 saturated carbocycles. The summed E-state index contributed by atoms with van der Waals surface area (Å²) in [4.78, 5) is 17.8. The fraction of sp³-hybridized carbons (Fsp3) is 0.120. The van der Waals surface area contributed by atoms with Crippen LogP contribution in [-0.2, 0) is 13.0 Å². The van der Waals surface area contributed by atoms with Crippen LogP contribution in [0.25, 0.3) is 11.3 Å². The number of rotatable bonds is 7. The molecule has 4 rings (SSSR count). The molecule has 2 aromatic carbocycles. The van der Waals surface area contributed by atoms with E-state index in [2.05, 4.69) is 11.9 Å². The number of hydrogen-bond donors (Lipinski definition) is 1. The highest BCUT2D eigenvalue weighted by Gasteiger charge is 2.15. The largest absolute Gasteiger partial charge is 0.506 e. The first-order valence-corrected chi connectivity index (χ1v) is 10.7. The molecule has 0 aliphatic heterocycles. The normalized spacial score (nSPS) is 10.7. The molecule has 1 N–H and O–H groups in total. The Balaban J connectivity index is 1.52. The molecule has 31 heavy (non-hydrogen) atoms. The first-order valence-electron chi connectivity index (χ1n) is 9.89. The summed E-state index contributed by atoms with van der Waals surface area (Å²) in [7, 11) is 0. The maximum atomic E-state index is 12.6. The Hall–Kier alpha value is -3.51. The van der Waals surface area contributed by atoms with Gasteiger partial charge in [0.2, 0.25) is 0 Å². The molecule has 0 unspecified atom stereocenters. The summed E-state index contributed by atoms with van der Waals surface area (Å²) >= 11 is 1.22. The minimum Gasteiger partial charge on any atom is -0.506 e. The van der Waals surface area contributed by atoms with Crippen LogP contribution in [-0.4, -0.2) is 10.1 Å². The SMILES string of the molecule is CCc1ccccc1Sc1c(O)cc(-c2ccc(OCc3cccnc3)cc2)oc1=O. The lowest BCUT2D eigenvalue weighted by Gasteiger charge is -2.09. The number of ether oxygens (including phenoxy) is 1. The van der Waals surface area contributed by atoms with Crippen molar-refractivity contribution in [2.75, 3.05) is 0 Å². The highest BCUT2D eigenvalue weighted by Crippen LogP contribution is 2.36. The van der Waals surface area contributed by atoms with Crippen molar-refractivity contribution in [3.05, 3.63) is 101 Å². The molecule has 0 fully saturated rings. The number of hydrogen-bond acceptors (Lipinski definition) is 6. The van der Waals surface area contributed by atoms with Crippen LogP contribution < -0.4 is 10.4 Å². The second-order valence-electron chi connectivity index (χ2n) is 6.85. The Labute approximate surface area is 184 Å². The van der Waals surface area contributed by atoms with Crippen LogP contribution in [0.3, 0.4) is 0 Å². The second kappa shape index (κ2) is 9.53. The Morgan fingerprint density at radius 1 is 1.06 bits per heavy atom. The lowest BCUT2D eigenvalue weighted by molar-refractivity contribution is 0.306. The van der Waals surface area contributed by atoms with Gasteiger partial charge < -0.3 is 14.3 Å². The van der Waals surface area contributed by atoms with Crippen molar-refractivity contribution >= 4 is 11.8 Å². The average molecular weight is 432 g/mol. The van der Waals surface area contributed by atoms with E-state index in [0.29, 0.717) is 23.7 Å².